The minimum Gasteiger partial charge on any atom is -0.494 e. The van der Waals surface area contributed by atoms with E-state index in [1.165, 1.54) is 31.9 Å². The SMILES string of the molecule is Cc1cc(OCCCN2CCCC2)ccc1[B-](F)(F)F.[K+]. The van der Waals surface area contributed by atoms with Gasteiger partial charge in [0.15, 0.2) is 0 Å². The minimum atomic E-state index is -4.93. The van der Waals surface area contributed by atoms with Crippen LogP contribution < -0.4 is 61.6 Å². The van der Waals surface area contributed by atoms with E-state index in [4.69, 9.17) is 4.74 Å². The van der Waals surface area contributed by atoms with Gasteiger partial charge in [-0.3, -0.25) is 0 Å². The van der Waals surface area contributed by atoms with Gasteiger partial charge in [0.05, 0.1) is 6.61 Å². The third-order valence-corrected chi connectivity index (χ3v) is 3.68. The van der Waals surface area contributed by atoms with E-state index < -0.39 is 12.4 Å². The predicted molar refractivity (Wildman–Crippen MR) is 75.7 cm³/mol. The molecule has 2 rings (SSSR count). The molecule has 0 N–H and O–H groups in total. The second-order valence-corrected chi connectivity index (χ2v) is 5.34. The molecule has 0 amide bonds. The second kappa shape index (κ2) is 8.94. The van der Waals surface area contributed by atoms with Crippen LogP contribution in [0.1, 0.15) is 24.8 Å². The van der Waals surface area contributed by atoms with E-state index in [9.17, 15) is 12.9 Å². The molecule has 1 aliphatic rings. The Morgan fingerprint density at radius 1 is 1.19 bits per heavy atom. The third-order valence-electron chi connectivity index (χ3n) is 3.68. The molecule has 1 saturated heterocycles. The number of benzene rings is 1. The van der Waals surface area contributed by atoms with Gasteiger partial charge < -0.3 is 22.6 Å². The van der Waals surface area contributed by atoms with Gasteiger partial charge in [0.2, 0.25) is 0 Å². The van der Waals surface area contributed by atoms with Gasteiger partial charge in [-0.25, -0.2) is 0 Å². The van der Waals surface area contributed by atoms with E-state index in [1.807, 2.05) is 0 Å². The molecule has 0 aromatic heterocycles. The van der Waals surface area contributed by atoms with Crippen LogP contribution in [0, 0.1) is 6.92 Å². The zero-order valence-electron chi connectivity index (χ0n) is 12.7. The maximum absolute atomic E-state index is 12.7. The fraction of sp³-hybridized carbons (Fsp3) is 0.571. The number of hydrogen-bond donors (Lipinski definition) is 0. The third kappa shape index (κ3) is 6.23. The van der Waals surface area contributed by atoms with E-state index in [-0.39, 0.29) is 56.9 Å². The maximum atomic E-state index is 12.7. The molecule has 0 spiro atoms. The fourth-order valence-corrected chi connectivity index (χ4v) is 2.59. The Morgan fingerprint density at radius 2 is 1.86 bits per heavy atom. The van der Waals surface area contributed by atoms with Gasteiger partial charge in [-0.05, 0) is 51.4 Å². The number of halogens is 3. The Labute approximate surface area is 166 Å². The number of rotatable bonds is 6. The maximum Gasteiger partial charge on any atom is 1.00 e. The van der Waals surface area contributed by atoms with Gasteiger partial charge in [-0.2, -0.15) is 0 Å². The van der Waals surface area contributed by atoms with Crippen LogP contribution in [-0.2, 0) is 0 Å². The summed E-state index contributed by atoms with van der Waals surface area (Å²) in [5.74, 6) is 0.521. The Balaban J connectivity index is 0.00000220. The molecule has 1 aromatic carbocycles. The van der Waals surface area contributed by atoms with Crippen molar-refractivity contribution >= 4 is 12.4 Å². The molecule has 112 valence electrons. The fourth-order valence-electron chi connectivity index (χ4n) is 2.59. The first kappa shape index (κ1) is 19.5. The second-order valence-electron chi connectivity index (χ2n) is 5.34. The van der Waals surface area contributed by atoms with E-state index in [2.05, 4.69) is 4.90 Å². The Morgan fingerprint density at radius 3 is 2.43 bits per heavy atom. The summed E-state index contributed by atoms with van der Waals surface area (Å²) in [6.45, 7) is 0.398. The van der Waals surface area contributed by atoms with Crippen molar-refractivity contribution in [3.8, 4) is 5.75 Å². The molecular formula is C14H20BF3KNO. The first-order valence-corrected chi connectivity index (χ1v) is 7.12. The Bertz CT molecular complexity index is 450. The van der Waals surface area contributed by atoms with Crippen LogP contribution in [0.4, 0.5) is 12.9 Å². The topological polar surface area (TPSA) is 12.5 Å². The van der Waals surface area contributed by atoms with Crippen molar-refractivity contribution in [3.63, 3.8) is 0 Å². The normalized spacial score (nSPS) is 15.8. The van der Waals surface area contributed by atoms with Crippen LogP contribution in [-0.4, -0.2) is 38.1 Å². The van der Waals surface area contributed by atoms with Crippen molar-refractivity contribution in [2.75, 3.05) is 26.2 Å². The van der Waals surface area contributed by atoms with Gasteiger partial charge in [0.1, 0.15) is 5.75 Å². The summed E-state index contributed by atoms with van der Waals surface area (Å²) in [5.41, 5.74) is -0.302. The number of nitrogens with zero attached hydrogens (tertiary/aromatic N) is 1. The summed E-state index contributed by atoms with van der Waals surface area (Å²) >= 11 is 0. The van der Waals surface area contributed by atoms with Gasteiger partial charge in [-0.15, -0.1) is 5.46 Å². The molecule has 7 heteroatoms. The molecule has 1 aromatic rings. The molecule has 0 bridgehead atoms. The van der Waals surface area contributed by atoms with Crippen molar-refractivity contribution in [3.05, 3.63) is 23.8 Å². The molecule has 0 aliphatic carbocycles. The molecular weight excluding hydrogens is 305 g/mol. The Kier molecular flexibility index (Phi) is 8.31. The van der Waals surface area contributed by atoms with Crippen molar-refractivity contribution in [1.29, 1.82) is 0 Å². The monoisotopic (exact) mass is 325 g/mol. The molecule has 1 heterocycles. The smallest absolute Gasteiger partial charge is 0.494 e. The molecule has 1 fully saturated rings. The summed E-state index contributed by atoms with van der Waals surface area (Å²) < 4.78 is 43.6. The van der Waals surface area contributed by atoms with E-state index in [1.54, 1.807) is 0 Å². The van der Waals surface area contributed by atoms with Crippen LogP contribution in [0.15, 0.2) is 18.2 Å². The first-order valence-electron chi connectivity index (χ1n) is 7.12. The van der Waals surface area contributed by atoms with Crippen molar-refractivity contribution in [2.45, 2.75) is 26.2 Å². The van der Waals surface area contributed by atoms with E-state index in [0.717, 1.165) is 32.1 Å². The summed E-state index contributed by atoms with van der Waals surface area (Å²) in [6.07, 6.45) is 3.44. The molecule has 1 aliphatic heterocycles. The number of likely N-dealkylation sites (tertiary alicyclic amines) is 1. The first-order chi connectivity index (χ1) is 9.47. The molecule has 2 nitrogen and oxygen atoms in total. The quantitative estimate of drug-likeness (QED) is 0.536. The van der Waals surface area contributed by atoms with E-state index >= 15 is 0 Å². The number of ether oxygens (including phenoxy) is 1. The zero-order chi connectivity index (χ0) is 14.6. The van der Waals surface area contributed by atoms with Crippen LogP contribution in [0.5, 0.6) is 5.75 Å². The van der Waals surface area contributed by atoms with Crippen molar-refractivity contribution in [2.24, 2.45) is 0 Å². The molecule has 0 saturated carbocycles. The van der Waals surface area contributed by atoms with Crippen molar-refractivity contribution in [1.82, 2.24) is 4.90 Å². The van der Waals surface area contributed by atoms with Crippen LogP contribution in [0.25, 0.3) is 0 Å². The molecule has 0 atom stereocenters. The summed E-state index contributed by atoms with van der Waals surface area (Å²) in [5, 5.41) is 0. The largest absolute Gasteiger partial charge is 1.00 e. The predicted octanol–water partition coefficient (Wildman–Crippen LogP) is -0.0819. The van der Waals surface area contributed by atoms with Gasteiger partial charge in [0, 0.05) is 6.54 Å². The van der Waals surface area contributed by atoms with Crippen LogP contribution in [0.3, 0.4) is 0 Å². The zero-order valence-corrected chi connectivity index (χ0v) is 15.9. The van der Waals surface area contributed by atoms with Crippen molar-refractivity contribution < 1.29 is 69.1 Å². The molecule has 21 heavy (non-hydrogen) atoms. The summed E-state index contributed by atoms with van der Waals surface area (Å²) in [6, 6.07) is 4.00. The molecule has 0 unspecified atom stereocenters. The average Bonchev–Trinajstić information content (AvgIpc) is 2.86. The average molecular weight is 325 g/mol. The number of aryl methyl sites for hydroxylation is 1. The molecule has 0 radical (unpaired) electrons. The van der Waals surface area contributed by atoms with E-state index in [0.29, 0.717) is 12.4 Å². The summed E-state index contributed by atoms with van der Waals surface area (Å²) in [7, 11) is 0. The van der Waals surface area contributed by atoms with Gasteiger partial charge in [0.25, 0.3) is 0 Å². The van der Waals surface area contributed by atoms with Gasteiger partial charge >= 0.3 is 58.4 Å². The summed E-state index contributed by atoms with van der Waals surface area (Å²) in [4.78, 5) is 2.39. The minimum absolute atomic E-state index is 0. The number of hydrogen-bond acceptors (Lipinski definition) is 2. The van der Waals surface area contributed by atoms with Gasteiger partial charge in [-0.1, -0.05) is 11.6 Å². The standard InChI is InChI=1S/C14H20BF3NO.K/c1-12-11-13(5-6-14(12)15(16,17)18)20-10-4-9-19-7-2-3-8-19;/h5-6,11H,2-4,7-10H2,1H3;/q-1;+1. The Hall–Kier alpha value is 0.471. The van der Waals surface area contributed by atoms with Crippen LogP contribution in [0.2, 0.25) is 0 Å². The van der Waals surface area contributed by atoms with Crippen LogP contribution >= 0.6 is 0 Å².